The number of rotatable bonds is 3. The van der Waals surface area contributed by atoms with E-state index in [0.29, 0.717) is 5.82 Å². The molecule has 2 N–H and O–H groups in total. The minimum atomic E-state index is 0.594. The van der Waals surface area contributed by atoms with Crippen LogP contribution in [0.3, 0.4) is 0 Å². The van der Waals surface area contributed by atoms with Crippen LogP contribution in [0.25, 0.3) is 0 Å². The highest BCUT2D eigenvalue weighted by Gasteiger charge is 2.14. The monoisotopic (exact) mass is 257 g/mol. The zero-order chi connectivity index (χ0) is 9.97. The second kappa shape index (κ2) is 4.34. The van der Waals surface area contributed by atoms with Crippen LogP contribution in [0.15, 0.2) is 10.7 Å². The van der Waals surface area contributed by atoms with E-state index >= 15 is 0 Å². The normalized spacial score (nSPS) is 17.8. The fourth-order valence-electron chi connectivity index (χ4n) is 2.14. The first-order valence-electron chi connectivity index (χ1n) is 5.24. The Morgan fingerprint density at radius 2 is 2.21 bits per heavy atom. The average Bonchev–Trinajstić information content (AvgIpc) is 2.74. The van der Waals surface area contributed by atoms with Crippen LogP contribution >= 0.6 is 15.9 Å². The number of hydrogen-bond donors (Lipinski definition) is 1. The Balaban J connectivity index is 1.85. The van der Waals surface area contributed by atoms with Gasteiger partial charge >= 0.3 is 0 Å². The molecule has 14 heavy (non-hydrogen) atoms. The minimum Gasteiger partial charge on any atom is -0.381 e. The van der Waals surface area contributed by atoms with Crippen LogP contribution < -0.4 is 5.73 Å². The molecular weight excluding hydrogens is 242 g/mol. The second-order valence-electron chi connectivity index (χ2n) is 4.06. The number of nitrogen functional groups attached to an aromatic ring is 1. The molecule has 0 amide bonds. The molecule has 1 aliphatic carbocycles. The van der Waals surface area contributed by atoms with Gasteiger partial charge in [-0.25, -0.2) is 0 Å². The van der Waals surface area contributed by atoms with Crippen LogP contribution in [0, 0.1) is 5.92 Å². The lowest BCUT2D eigenvalue weighted by atomic mass is 10.0. The number of halogens is 1. The summed E-state index contributed by atoms with van der Waals surface area (Å²) < 4.78 is 2.85. The number of aromatic nitrogens is 2. The van der Waals surface area contributed by atoms with Crippen LogP contribution in [0.4, 0.5) is 5.82 Å². The molecule has 1 saturated carbocycles. The van der Waals surface area contributed by atoms with E-state index in [4.69, 9.17) is 5.73 Å². The van der Waals surface area contributed by atoms with Gasteiger partial charge in [0.05, 0.1) is 4.47 Å². The van der Waals surface area contributed by atoms with E-state index in [0.717, 1.165) is 16.9 Å². The summed E-state index contributed by atoms with van der Waals surface area (Å²) in [5.74, 6) is 1.51. The molecule has 1 aromatic rings. The average molecular weight is 258 g/mol. The summed E-state index contributed by atoms with van der Waals surface area (Å²) in [5.41, 5.74) is 5.65. The summed E-state index contributed by atoms with van der Waals surface area (Å²) in [7, 11) is 0. The van der Waals surface area contributed by atoms with Crippen LogP contribution in [0.5, 0.6) is 0 Å². The molecule has 2 rings (SSSR count). The third-order valence-electron chi connectivity index (χ3n) is 2.98. The maximum absolute atomic E-state index is 5.65. The van der Waals surface area contributed by atoms with Gasteiger partial charge in [-0.05, 0) is 28.3 Å². The van der Waals surface area contributed by atoms with Crippen molar-refractivity contribution in [2.75, 3.05) is 5.73 Å². The fraction of sp³-hybridized carbons (Fsp3) is 0.700. The SMILES string of the molecule is Nc1nn(CCC2CCCC2)cc1Br. The molecule has 0 unspecified atom stereocenters. The van der Waals surface area contributed by atoms with Gasteiger partial charge in [0.25, 0.3) is 0 Å². The second-order valence-corrected chi connectivity index (χ2v) is 4.92. The zero-order valence-electron chi connectivity index (χ0n) is 8.25. The molecule has 78 valence electrons. The van der Waals surface area contributed by atoms with Crippen LogP contribution in [0.2, 0.25) is 0 Å². The third-order valence-corrected chi connectivity index (χ3v) is 3.60. The van der Waals surface area contributed by atoms with Crippen molar-refractivity contribution in [3.8, 4) is 0 Å². The van der Waals surface area contributed by atoms with Crippen molar-refractivity contribution >= 4 is 21.7 Å². The summed E-state index contributed by atoms with van der Waals surface area (Å²) in [4.78, 5) is 0. The van der Waals surface area contributed by atoms with Gasteiger partial charge in [0.15, 0.2) is 5.82 Å². The number of anilines is 1. The Morgan fingerprint density at radius 3 is 2.79 bits per heavy atom. The Hall–Kier alpha value is -0.510. The molecule has 0 radical (unpaired) electrons. The quantitative estimate of drug-likeness (QED) is 0.905. The maximum atomic E-state index is 5.65. The predicted octanol–water partition coefficient (Wildman–Crippen LogP) is 2.81. The van der Waals surface area contributed by atoms with Gasteiger partial charge in [0, 0.05) is 12.7 Å². The Labute approximate surface area is 92.8 Å². The molecule has 3 nitrogen and oxygen atoms in total. The molecule has 1 heterocycles. The standard InChI is InChI=1S/C10H16BrN3/c11-9-7-14(13-10(9)12)6-5-8-3-1-2-4-8/h7-8H,1-6H2,(H2,12,13). The van der Waals surface area contributed by atoms with E-state index in [1.54, 1.807) is 0 Å². The largest absolute Gasteiger partial charge is 0.381 e. The number of nitrogens with two attached hydrogens (primary N) is 1. The summed E-state index contributed by atoms with van der Waals surface area (Å²) in [6.07, 6.45) is 8.83. The highest BCUT2D eigenvalue weighted by molar-refractivity contribution is 9.10. The van der Waals surface area contributed by atoms with E-state index in [1.165, 1.54) is 32.1 Å². The first kappa shape index (κ1) is 10.0. The number of nitrogens with zero attached hydrogens (tertiary/aromatic N) is 2. The molecular formula is C10H16BrN3. The van der Waals surface area contributed by atoms with Crippen molar-refractivity contribution in [2.45, 2.75) is 38.6 Å². The van der Waals surface area contributed by atoms with Crippen molar-refractivity contribution < 1.29 is 0 Å². The van der Waals surface area contributed by atoms with E-state index in [2.05, 4.69) is 21.0 Å². The smallest absolute Gasteiger partial charge is 0.159 e. The van der Waals surface area contributed by atoms with Gasteiger partial charge < -0.3 is 5.73 Å². The Bertz CT molecular complexity index is 283. The molecule has 1 aromatic heterocycles. The van der Waals surface area contributed by atoms with Gasteiger partial charge in [-0.3, -0.25) is 4.68 Å². The number of aryl methyl sites for hydroxylation is 1. The summed E-state index contributed by atoms with van der Waals surface area (Å²) >= 11 is 3.36. The fourth-order valence-corrected chi connectivity index (χ4v) is 2.46. The molecule has 4 heteroatoms. The Morgan fingerprint density at radius 1 is 1.50 bits per heavy atom. The lowest BCUT2D eigenvalue weighted by molar-refractivity contribution is 0.440. The third kappa shape index (κ3) is 2.29. The first-order chi connectivity index (χ1) is 6.75. The van der Waals surface area contributed by atoms with Crippen molar-refractivity contribution in [3.05, 3.63) is 10.7 Å². The van der Waals surface area contributed by atoms with Crippen LogP contribution in [0.1, 0.15) is 32.1 Å². The first-order valence-corrected chi connectivity index (χ1v) is 6.03. The molecule has 1 aliphatic rings. The van der Waals surface area contributed by atoms with Gasteiger partial charge in [-0.1, -0.05) is 25.7 Å². The minimum absolute atomic E-state index is 0.594. The van der Waals surface area contributed by atoms with Gasteiger partial charge in [-0.2, -0.15) is 5.10 Å². The Kier molecular flexibility index (Phi) is 3.11. The summed E-state index contributed by atoms with van der Waals surface area (Å²) in [6.45, 7) is 1.00. The molecule has 1 fully saturated rings. The lowest BCUT2D eigenvalue weighted by Crippen LogP contribution is -2.04. The molecule has 0 aromatic carbocycles. The molecule has 0 aliphatic heterocycles. The number of hydrogen-bond acceptors (Lipinski definition) is 2. The van der Waals surface area contributed by atoms with E-state index in [-0.39, 0.29) is 0 Å². The molecule has 0 spiro atoms. The zero-order valence-corrected chi connectivity index (χ0v) is 9.83. The van der Waals surface area contributed by atoms with Crippen molar-refractivity contribution in [1.82, 2.24) is 9.78 Å². The molecule has 0 saturated heterocycles. The van der Waals surface area contributed by atoms with Crippen LogP contribution in [-0.2, 0) is 6.54 Å². The topological polar surface area (TPSA) is 43.8 Å². The van der Waals surface area contributed by atoms with Gasteiger partial charge in [-0.15, -0.1) is 0 Å². The van der Waals surface area contributed by atoms with Gasteiger partial charge in [0.1, 0.15) is 0 Å². The van der Waals surface area contributed by atoms with E-state index < -0.39 is 0 Å². The maximum Gasteiger partial charge on any atom is 0.159 e. The van der Waals surface area contributed by atoms with Gasteiger partial charge in [0.2, 0.25) is 0 Å². The highest BCUT2D eigenvalue weighted by Crippen LogP contribution is 2.28. The van der Waals surface area contributed by atoms with Crippen molar-refractivity contribution in [2.24, 2.45) is 5.92 Å². The highest BCUT2D eigenvalue weighted by atomic mass is 79.9. The summed E-state index contributed by atoms with van der Waals surface area (Å²) in [6, 6.07) is 0. The van der Waals surface area contributed by atoms with Crippen LogP contribution in [-0.4, -0.2) is 9.78 Å². The van der Waals surface area contributed by atoms with Crippen molar-refractivity contribution in [1.29, 1.82) is 0 Å². The van der Waals surface area contributed by atoms with E-state index in [1.807, 2.05) is 10.9 Å². The predicted molar refractivity (Wildman–Crippen MR) is 60.9 cm³/mol. The summed E-state index contributed by atoms with van der Waals surface area (Å²) in [5, 5.41) is 4.22. The lowest BCUT2D eigenvalue weighted by Gasteiger charge is -2.07. The molecule has 0 bridgehead atoms. The molecule has 0 atom stereocenters. The van der Waals surface area contributed by atoms with Crippen molar-refractivity contribution in [3.63, 3.8) is 0 Å². The van der Waals surface area contributed by atoms with E-state index in [9.17, 15) is 0 Å².